The smallest absolute Gasteiger partial charge is 0.545 e. The van der Waals surface area contributed by atoms with Gasteiger partial charge in [0, 0.05) is 16.7 Å². The van der Waals surface area contributed by atoms with Crippen LogP contribution in [0.15, 0.2) is 48.5 Å². The fourth-order valence-corrected chi connectivity index (χ4v) is 1.72. The van der Waals surface area contributed by atoms with Crippen molar-refractivity contribution in [3.63, 3.8) is 0 Å². The number of aromatic carboxylic acids is 1. The topological polar surface area (TPSA) is 57.2 Å². The van der Waals surface area contributed by atoms with Crippen molar-refractivity contribution in [1.82, 2.24) is 0 Å². The molecule has 0 amide bonds. The Bertz CT molecular complexity index is 603. The number of rotatable bonds is 3. The molecule has 0 saturated heterocycles. The van der Waals surface area contributed by atoms with E-state index in [0.717, 1.165) is 5.56 Å². The van der Waals surface area contributed by atoms with Gasteiger partial charge in [-0.25, -0.2) is 0 Å². The molecule has 0 aliphatic carbocycles. The summed E-state index contributed by atoms with van der Waals surface area (Å²) >= 11 is 0. The second kappa shape index (κ2) is 6.66. The molecular weight excluding hydrogens is 251 g/mol. The van der Waals surface area contributed by atoms with Gasteiger partial charge in [-0.15, -0.1) is 0 Å². The minimum absolute atomic E-state index is 0. The maximum absolute atomic E-state index is 12.2. The second-order valence-corrected chi connectivity index (χ2v) is 4.03. The fourth-order valence-electron chi connectivity index (χ4n) is 1.72. The van der Waals surface area contributed by atoms with Crippen molar-refractivity contribution in [2.24, 2.45) is 0 Å². The van der Waals surface area contributed by atoms with E-state index in [-0.39, 0.29) is 46.5 Å². The van der Waals surface area contributed by atoms with Gasteiger partial charge >= 0.3 is 29.6 Å². The Labute approximate surface area is 133 Å². The van der Waals surface area contributed by atoms with Crippen LogP contribution in [0.5, 0.6) is 0 Å². The molecule has 2 rings (SSSR count). The number of carbonyl (C=O) groups excluding carboxylic acids is 2. The molecule has 0 bridgehead atoms. The zero-order valence-corrected chi connectivity index (χ0v) is 12.8. The molecule has 0 saturated carbocycles. The molecule has 2 aromatic carbocycles. The first-order valence-electron chi connectivity index (χ1n) is 5.51. The summed E-state index contributed by atoms with van der Waals surface area (Å²) in [6, 6.07) is 13.1. The first-order chi connectivity index (χ1) is 8.59. The van der Waals surface area contributed by atoms with Gasteiger partial charge in [0.15, 0.2) is 5.78 Å². The van der Waals surface area contributed by atoms with E-state index in [1.54, 1.807) is 24.3 Å². The SMILES string of the molecule is Cc1ccc(C(=O)c2ccccc2C(=O)[O-])cc1.[Na+]. The van der Waals surface area contributed by atoms with Crippen LogP contribution in [-0.4, -0.2) is 11.8 Å². The van der Waals surface area contributed by atoms with E-state index >= 15 is 0 Å². The average Bonchev–Trinajstić information content (AvgIpc) is 2.39. The van der Waals surface area contributed by atoms with Crippen LogP contribution in [0.2, 0.25) is 0 Å². The molecule has 0 unspecified atom stereocenters. The summed E-state index contributed by atoms with van der Waals surface area (Å²) in [6.07, 6.45) is 0. The quantitative estimate of drug-likeness (QED) is 0.504. The molecule has 90 valence electrons. The van der Waals surface area contributed by atoms with Gasteiger partial charge in [0.1, 0.15) is 0 Å². The van der Waals surface area contributed by atoms with E-state index in [2.05, 4.69) is 0 Å². The van der Waals surface area contributed by atoms with Gasteiger partial charge in [-0.2, -0.15) is 0 Å². The molecule has 2 aromatic rings. The fraction of sp³-hybridized carbons (Fsp3) is 0.0667. The van der Waals surface area contributed by atoms with Crippen molar-refractivity contribution in [3.8, 4) is 0 Å². The Morgan fingerprint density at radius 3 is 1.95 bits per heavy atom. The molecule has 0 N–H and O–H groups in total. The molecule has 0 radical (unpaired) electrons. The van der Waals surface area contributed by atoms with Gasteiger partial charge in [-0.1, -0.05) is 54.1 Å². The summed E-state index contributed by atoms with van der Waals surface area (Å²) in [5.74, 6) is -1.65. The van der Waals surface area contributed by atoms with Gasteiger partial charge in [0.25, 0.3) is 0 Å². The van der Waals surface area contributed by atoms with Gasteiger partial charge in [0.05, 0.1) is 5.97 Å². The van der Waals surface area contributed by atoms with Crippen molar-refractivity contribution >= 4 is 11.8 Å². The molecular formula is C15H11NaO3. The third-order valence-electron chi connectivity index (χ3n) is 2.71. The molecule has 19 heavy (non-hydrogen) atoms. The number of carboxylic acids is 1. The molecule has 0 aliphatic rings. The molecule has 3 nitrogen and oxygen atoms in total. The van der Waals surface area contributed by atoms with E-state index in [0.29, 0.717) is 5.56 Å². The van der Waals surface area contributed by atoms with Crippen molar-refractivity contribution in [2.45, 2.75) is 6.92 Å². The number of benzene rings is 2. The number of ketones is 1. The zero-order chi connectivity index (χ0) is 13.1. The minimum Gasteiger partial charge on any atom is -0.545 e. The zero-order valence-electron chi connectivity index (χ0n) is 10.8. The maximum atomic E-state index is 12.2. The van der Waals surface area contributed by atoms with Crippen LogP contribution in [0.4, 0.5) is 0 Å². The van der Waals surface area contributed by atoms with Crippen LogP contribution >= 0.6 is 0 Å². The molecule has 0 atom stereocenters. The van der Waals surface area contributed by atoms with Gasteiger partial charge < -0.3 is 9.90 Å². The summed E-state index contributed by atoms with van der Waals surface area (Å²) in [7, 11) is 0. The Morgan fingerprint density at radius 2 is 1.42 bits per heavy atom. The molecule has 0 aliphatic heterocycles. The number of carbonyl (C=O) groups is 2. The predicted molar refractivity (Wildman–Crippen MR) is 65.4 cm³/mol. The number of hydrogen-bond acceptors (Lipinski definition) is 3. The Hall–Kier alpha value is -1.42. The third kappa shape index (κ3) is 3.53. The van der Waals surface area contributed by atoms with Crippen LogP contribution in [0.25, 0.3) is 0 Å². The Balaban J connectivity index is 0.00000180. The van der Waals surface area contributed by atoms with Crippen LogP contribution in [0, 0.1) is 6.92 Å². The van der Waals surface area contributed by atoms with E-state index < -0.39 is 5.97 Å². The summed E-state index contributed by atoms with van der Waals surface area (Å²) in [6.45, 7) is 1.92. The average molecular weight is 262 g/mol. The monoisotopic (exact) mass is 262 g/mol. The normalized spacial score (nSPS) is 9.53. The van der Waals surface area contributed by atoms with Crippen molar-refractivity contribution in [3.05, 3.63) is 70.8 Å². The minimum atomic E-state index is -1.34. The van der Waals surface area contributed by atoms with E-state index in [4.69, 9.17) is 0 Å². The number of aryl methyl sites for hydroxylation is 1. The number of hydrogen-bond donors (Lipinski definition) is 0. The van der Waals surface area contributed by atoms with Gasteiger partial charge in [-0.3, -0.25) is 4.79 Å². The predicted octanol–water partition coefficient (Wildman–Crippen LogP) is -1.41. The van der Waals surface area contributed by atoms with Crippen molar-refractivity contribution in [1.29, 1.82) is 0 Å². The summed E-state index contributed by atoms with van der Waals surface area (Å²) < 4.78 is 0. The van der Waals surface area contributed by atoms with Crippen LogP contribution in [0.1, 0.15) is 31.8 Å². The summed E-state index contributed by atoms with van der Waals surface area (Å²) in [4.78, 5) is 23.1. The molecule has 0 spiro atoms. The first kappa shape index (κ1) is 15.6. The van der Waals surface area contributed by atoms with Gasteiger partial charge in [-0.05, 0) is 6.92 Å². The first-order valence-corrected chi connectivity index (χ1v) is 5.51. The molecule has 0 fully saturated rings. The molecule has 0 heterocycles. The van der Waals surface area contributed by atoms with Crippen LogP contribution in [0.3, 0.4) is 0 Å². The van der Waals surface area contributed by atoms with Crippen LogP contribution < -0.4 is 34.7 Å². The Kier molecular flexibility index (Phi) is 5.48. The van der Waals surface area contributed by atoms with Gasteiger partial charge in [0.2, 0.25) is 0 Å². The molecule has 0 aromatic heterocycles. The van der Waals surface area contributed by atoms with E-state index in [9.17, 15) is 14.7 Å². The third-order valence-corrected chi connectivity index (χ3v) is 2.71. The van der Waals surface area contributed by atoms with Crippen molar-refractivity contribution < 1.29 is 44.3 Å². The second-order valence-electron chi connectivity index (χ2n) is 4.03. The van der Waals surface area contributed by atoms with Crippen molar-refractivity contribution in [2.75, 3.05) is 0 Å². The summed E-state index contributed by atoms with van der Waals surface area (Å²) in [5.41, 5.74) is 1.58. The summed E-state index contributed by atoms with van der Waals surface area (Å²) in [5, 5.41) is 10.9. The largest absolute Gasteiger partial charge is 1.00 e. The van der Waals surface area contributed by atoms with E-state index in [1.807, 2.05) is 19.1 Å². The standard InChI is InChI=1S/C15H12O3.Na/c1-10-6-8-11(9-7-10)14(16)12-4-2-3-5-13(12)15(17)18;/h2-9H,1H3,(H,17,18);/q;+1/p-1. The maximum Gasteiger partial charge on any atom is 1.00 e. The number of carboxylic acid groups (broad SMARTS) is 1. The van der Waals surface area contributed by atoms with E-state index in [1.165, 1.54) is 12.1 Å². The molecule has 4 heteroatoms. The van der Waals surface area contributed by atoms with Crippen LogP contribution in [-0.2, 0) is 0 Å². The Morgan fingerprint density at radius 1 is 0.895 bits per heavy atom.